The van der Waals surface area contributed by atoms with Crippen molar-refractivity contribution in [1.82, 2.24) is 10.3 Å². The average molecular weight is 228 g/mol. The maximum atomic E-state index is 11.2. The minimum atomic E-state index is -0.408. The van der Waals surface area contributed by atoms with Crippen molar-refractivity contribution >= 4 is 17.2 Å². The van der Waals surface area contributed by atoms with E-state index in [-0.39, 0.29) is 5.91 Å². The number of nitrogens with zero attached hydrogens (tertiary/aromatic N) is 1. The lowest BCUT2D eigenvalue weighted by Crippen LogP contribution is -2.26. The van der Waals surface area contributed by atoms with E-state index in [0.29, 0.717) is 19.4 Å². The third-order valence-corrected chi connectivity index (χ3v) is 2.77. The molecule has 1 unspecified atom stereocenters. The molecule has 0 radical (unpaired) electrons. The molecular weight excluding hydrogens is 212 g/mol. The zero-order valence-electron chi connectivity index (χ0n) is 8.77. The summed E-state index contributed by atoms with van der Waals surface area (Å²) in [6, 6.07) is 0. The summed E-state index contributed by atoms with van der Waals surface area (Å²) in [5.74, 6) is -0.00699. The number of carbonyl (C=O) groups is 1. The van der Waals surface area contributed by atoms with Gasteiger partial charge in [0.05, 0.1) is 11.1 Å². The van der Waals surface area contributed by atoms with Crippen LogP contribution in [0.5, 0.6) is 0 Å². The molecule has 0 aliphatic heterocycles. The lowest BCUT2D eigenvalue weighted by Gasteiger charge is -2.05. The highest BCUT2D eigenvalue weighted by Crippen LogP contribution is 2.03. The minimum Gasteiger partial charge on any atom is -0.393 e. The summed E-state index contributed by atoms with van der Waals surface area (Å²) in [5, 5.41) is 14.7. The third-order valence-electron chi connectivity index (χ3n) is 1.93. The first-order valence-electron chi connectivity index (χ1n) is 5.01. The maximum absolute atomic E-state index is 11.2. The van der Waals surface area contributed by atoms with E-state index in [1.54, 1.807) is 24.5 Å². The fourth-order valence-corrected chi connectivity index (χ4v) is 1.73. The predicted molar refractivity (Wildman–Crippen MR) is 59.7 cm³/mol. The van der Waals surface area contributed by atoms with E-state index in [4.69, 9.17) is 5.11 Å². The molecule has 2 N–H and O–H groups in total. The molecule has 1 aromatic heterocycles. The number of carbonyl (C=O) groups excluding carboxylic acids is 1. The van der Waals surface area contributed by atoms with Crippen LogP contribution in [0, 0.1) is 0 Å². The van der Waals surface area contributed by atoms with Crippen LogP contribution in [0.25, 0.3) is 0 Å². The number of aromatic nitrogens is 1. The van der Waals surface area contributed by atoms with Crippen molar-refractivity contribution < 1.29 is 9.90 Å². The van der Waals surface area contributed by atoms with Crippen molar-refractivity contribution in [3.63, 3.8) is 0 Å². The standard InChI is InChI=1S/C10H16N2O2S/c1-8(13)2-3-9(14)11-5-4-10-12-6-7-15-10/h6-8,13H,2-5H2,1H3,(H,11,14). The Bertz CT molecular complexity index is 286. The van der Waals surface area contributed by atoms with Crippen molar-refractivity contribution in [1.29, 1.82) is 0 Å². The molecule has 0 saturated carbocycles. The summed E-state index contributed by atoms with van der Waals surface area (Å²) in [6.07, 6.45) is 3.03. The van der Waals surface area contributed by atoms with E-state index in [1.165, 1.54) is 0 Å². The highest BCUT2D eigenvalue weighted by molar-refractivity contribution is 7.09. The highest BCUT2D eigenvalue weighted by atomic mass is 32.1. The number of nitrogens with one attached hydrogen (secondary N) is 1. The molecule has 4 nitrogen and oxygen atoms in total. The lowest BCUT2D eigenvalue weighted by atomic mass is 10.2. The average Bonchev–Trinajstić information content (AvgIpc) is 2.67. The Hall–Kier alpha value is -0.940. The summed E-state index contributed by atoms with van der Waals surface area (Å²) in [7, 11) is 0. The Kier molecular flexibility index (Phi) is 5.28. The van der Waals surface area contributed by atoms with Crippen molar-refractivity contribution in [2.45, 2.75) is 32.3 Å². The van der Waals surface area contributed by atoms with E-state index < -0.39 is 6.10 Å². The molecule has 0 aliphatic rings. The van der Waals surface area contributed by atoms with Gasteiger partial charge in [0.15, 0.2) is 0 Å². The lowest BCUT2D eigenvalue weighted by molar-refractivity contribution is -0.121. The molecule has 1 amide bonds. The highest BCUT2D eigenvalue weighted by Gasteiger charge is 2.03. The molecule has 0 bridgehead atoms. The van der Waals surface area contributed by atoms with Crippen LogP contribution in [-0.2, 0) is 11.2 Å². The van der Waals surface area contributed by atoms with Gasteiger partial charge in [0.25, 0.3) is 0 Å². The van der Waals surface area contributed by atoms with Gasteiger partial charge >= 0.3 is 0 Å². The van der Waals surface area contributed by atoms with Crippen LogP contribution in [0.4, 0.5) is 0 Å². The Morgan fingerprint density at radius 1 is 1.73 bits per heavy atom. The third kappa shape index (κ3) is 5.49. The monoisotopic (exact) mass is 228 g/mol. The first kappa shape index (κ1) is 12.1. The van der Waals surface area contributed by atoms with Crippen LogP contribution in [0.1, 0.15) is 24.8 Å². The molecule has 1 atom stereocenters. The number of aliphatic hydroxyl groups is 1. The van der Waals surface area contributed by atoms with Crippen molar-refractivity contribution in [2.24, 2.45) is 0 Å². The van der Waals surface area contributed by atoms with Gasteiger partial charge in [-0.25, -0.2) is 4.98 Å². The van der Waals surface area contributed by atoms with Gasteiger partial charge in [-0.3, -0.25) is 4.79 Å². The molecule has 0 saturated heterocycles. The molecule has 0 aromatic carbocycles. The normalized spacial score (nSPS) is 12.4. The van der Waals surface area contributed by atoms with Gasteiger partial charge in [-0.05, 0) is 13.3 Å². The van der Waals surface area contributed by atoms with E-state index >= 15 is 0 Å². The van der Waals surface area contributed by atoms with Crippen LogP contribution < -0.4 is 5.32 Å². The van der Waals surface area contributed by atoms with Gasteiger partial charge in [0, 0.05) is 31.0 Å². The van der Waals surface area contributed by atoms with Crippen molar-refractivity contribution in [3.05, 3.63) is 16.6 Å². The first-order valence-corrected chi connectivity index (χ1v) is 5.89. The number of rotatable bonds is 6. The Morgan fingerprint density at radius 2 is 2.53 bits per heavy atom. The van der Waals surface area contributed by atoms with E-state index in [1.807, 2.05) is 5.38 Å². The molecule has 0 spiro atoms. The van der Waals surface area contributed by atoms with Crippen molar-refractivity contribution in [3.8, 4) is 0 Å². The summed E-state index contributed by atoms with van der Waals surface area (Å²) in [5.41, 5.74) is 0. The summed E-state index contributed by atoms with van der Waals surface area (Å²) in [4.78, 5) is 15.4. The summed E-state index contributed by atoms with van der Waals surface area (Å²) in [6.45, 7) is 2.30. The van der Waals surface area contributed by atoms with Crippen molar-refractivity contribution in [2.75, 3.05) is 6.54 Å². The van der Waals surface area contributed by atoms with Crippen LogP contribution >= 0.6 is 11.3 Å². The number of hydrogen-bond donors (Lipinski definition) is 2. The first-order chi connectivity index (χ1) is 7.18. The molecule has 1 rings (SSSR count). The van der Waals surface area contributed by atoms with Gasteiger partial charge < -0.3 is 10.4 Å². The quantitative estimate of drug-likeness (QED) is 0.762. The Balaban J connectivity index is 2.07. The Labute approximate surface area is 93.4 Å². The number of amides is 1. The van der Waals surface area contributed by atoms with Gasteiger partial charge in [-0.15, -0.1) is 11.3 Å². The molecule has 0 aliphatic carbocycles. The molecule has 15 heavy (non-hydrogen) atoms. The fraction of sp³-hybridized carbons (Fsp3) is 0.600. The topological polar surface area (TPSA) is 62.2 Å². The molecule has 1 aromatic rings. The number of thiazole rings is 1. The van der Waals surface area contributed by atoms with Gasteiger partial charge in [-0.1, -0.05) is 0 Å². The minimum absolute atomic E-state index is 0.00699. The smallest absolute Gasteiger partial charge is 0.220 e. The number of hydrogen-bond acceptors (Lipinski definition) is 4. The zero-order valence-corrected chi connectivity index (χ0v) is 9.59. The van der Waals surface area contributed by atoms with Gasteiger partial charge in [0.2, 0.25) is 5.91 Å². The van der Waals surface area contributed by atoms with Crippen LogP contribution in [0.15, 0.2) is 11.6 Å². The SMILES string of the molecule is CC(O)CCC(=O)NCCc1nccs1. The largest absolute Gasteiger partial charge is 0.393 e. The van der Waals surface area contributed by atoms with E-state index in [9.17, 15) is 4.79 Å². The van der Waals surface area contributed by atoms with Gasteiger partial charge in [-0.2, -0.15) is 0 Å². The second-order valence-corrected chi connectivity index (χ2v) is 4.39. The molecule has 0 fully saturated rings. The molecule has 1 heterocycles. The number of aliphatic hydroxyl groups excluding tert-OH is 1. The molecular formula is C10H16N2O2S. The maximum Gasteiger partial charge on any atom is 0.220 e. The summed E-state index contributed by atoms with van der Waals surface area (Å²) >= 11 is 1.59. The van der Waals surface area contributed by atoms with Crippen LogP contribution in [0.2, 0.25) is 0 Å². The van der Waals surface area contributed by atoms with Gasteiger partial charge in [0.1, 0.15) is 0 Å². The second-order valence-electron chi connectivity index (χ2n) is 3.41. The summed E-state index contributed by atoms with van der Waals surface area (Å²) < 4.78 is 0. The van der Waals surface area contributed by atoms with E-state index in [0.717, 1.165) is 11.4 Å². The molecule has 5 heteroatoms. The second kappa shape index (κ2) is 6.53. The Morgan fingerprint density at radius 3 is 3.13 bits per heavy atom. The fourth-order valence-electron chi connectivity index (χ4n) is 1.11. The zero-order chi connectivity index (χ0) is 11.1. The van der Waals surface area contributed by atoms with Crippen LogP contribution in [0.3, 0.4) is 0 Å². The van der Waals surface area contributed by atoms with E-state index in [2.05, 4.69) is 10.3 Å². The molecule has 84 valence electrons. The predicted octanol–water partition coefficient (Wildman–Crippen LogP) is 0.963. The van der Waals surface area contributed by atoms with Crippen LogP contribution in [-0.4, -0.2) is 28.6 Å².